The van der Waals surface area contributed by atoms with Crippen molar-refractivity contribution >= 4 is 5.91 Å². The van der Waals surface area contributed by atoms with Crippen molar-refractivity contribution in [3.8, 4) is 5.75 Å². The lowest BCUT2D eigenvalue weighted by Crippen LogP contribution is -2.21. The number of rotatable bonds is 5. The number of furan rings is 1. The van der Waals surface area contributed by atoms with Crippen LogP contribution in [0.15, 0.2) is 34.7 Å². The van der Waals surface area contributed by atoms with Crippen LogP contribution in [-0.4, -0.2) is 12.5 Å². The molecule has 4 nitrogen and oxygen atoms in total. The van der Waals surface area contributed by atoms with E-state index in [-0.39, 0.29) is 24.0 Å². The molecule has 1 aromatic heterocycles. The van der Waals surface area contributed by atoms with Crippen molar-refractivity contribution in [2.45, 2.75) is 13.5 Å². The molecule has 1 aromatic carbocycles. The number of benzene rings is 1. The van der Waals surface area contributed by atoms with Gasteiger partial charge in [0, 0.05) is 12.6 Å². The van der Waals surface area contributed by atoms with Gasteiger partial charge in [0.1, 0.15) is 18.2 Å². The van der Waals surface area contributed by atoms with E-state index in [2.05, 4.69) is 5.32 Å². The highest BCUT2D eigenvalue weighted by Gasteiger charge is 2.11. The zero-order valence-electron chi connectivity index (χ0n) is 10.8. The van der Waals surface area contributed by atoms with E-state index in [9.17, 15) is 13.6 Å². The van der Waals surface area contributed by atoms with Gasteiger partial charge in [-0.2, -0.15) is 0 Å². The van der Waals surface area contributed by atoms with E-state index in [1.165, 1.54) is 12.1 Å². The van der Waals surface area contributed by atoms with Gasteiger partial charge < -0.3 is 14.5 Å². The highest BCUT2D eigenvalue weighted by atomic mass is 19.1. The fourth-order valence-corrected chi connectivity index (χ4v) is 1.57. The molecule has 0 radical (unpaired) electrons. The first-order valence-electron chi connectivity index (χ1n) is 6.05. The molecular weight excluding hydrogens is 268 g/mol. The Morgan fingerprint density at radius 3 is 2.80 bits per heavy atom. The van der Waals surface area contributed by atoms with Gasteiger partial charge >= 0.3 is 0 Å². The molecule has 6 heteroatoms. The Bertz CT molecular complexity index is 610. The molecule has 1 heterocycles. The first kappa shape index (κ1) is 14.0. The number of amides is 1. The summed E-state index contributed by atoms with van der Waals surface area (Å²) in [6.07, 6.45) is 0. The van der Waals surface area contributed by atoms with Crippen molar-refractivity contribution in [3.05, 3.63) is 53.5 Å². The Hall–Kier alpha value is -2.37. The van der Waals surface area contributed by atoms with Gasteiger partial charge in [0.25, 0.3) is 5.91 Å². The van der Waals surface area contributed by atoms with Gasteiger partial charge in [-0.15, -0.1) is 0 Å². The largest absolute Gasteiger partial charge is 0.483 e. The molecule has 0 saturated carbocycles. The summed E-state index contributed by atoms with van der Waals surface area (Å²) in [5.74, 6) is -1.35. The summed E-state index contributed by atoms with van der Waals surface area (Å²) < 4.78 is 36.5. The van der Waals surface area contributed by atoms with Crippen molar-refractivity contribution in [1.29, 1.82) is 0 Å². The molecule has 2 rings (SSSR count). The van der Waals surface area contributed by atoms with Crippen LogP contribution in [0.2, 0.25) is 0 Å². The lowest BCUT2D eigenvalue weighted by atomic mass is 10.3. The van der Waals surface area contributed by atoms with Crippen LogP contribution in [0.3, 0.4) is 0 Å². The van der Waals surface area contributed by atoms with E-state index in [0.29, 0.717) is 12.3 Å². The Morgan fingerprint density at radius 1 is 1.30 bits per heavy atom. The van der Waals surface area contributed by atoms with E-state index in [1.807, 2.05) is 0 Å². The van der Waals surface area contributed by atoms with Crippen LogP contribution in [-0.2, 0) is 6.61 Å². The molecular formula is C14H13F2NO3. The van der Waals surface area contributed by atoms with Crippen LogP contribution in [0.1, 0.15) is 23.2 Å². The number of halogens is 2. The van der Waals surface area contributed by atoms with Crippen LogP contribution in [0.4, 0.5) is 8.78 Å². The number of carbonyl (C=O) groups is 1. The number of carbonyl (C=O) groups excluding carboxylic acids is 1. The summed E-state index contributed by atoms with van der Waals surface area (Å²) in [4.78, 5) is 11.5. The molecule has 106 valence electrons. The normalized spacial score (nSPS) is 10.3. The second-order valence-corrected chi connectivity index (χ2v) is 3.99. The van der Waals surface area contributed by atoms with E-state index in [1.54, 1.807) is 13.0 Å². The van der Waals surface area contributed by atoms with Gasteiger partial charge in [-0.05, 0) is 31.2 Å². The van der Waals surface area contributed by atoms with E-state index in [4.69, 9.17) is 9.15 Å². The van der Waals surface area contributed by atoms with Crippen LogP contribution >= 0.6 is 0 Å². The van der Waals surface area contributed by atoms with Gasteiger partial charge in [-0.1, -0.05) is 0 Å². The molecule has 0 aliphatic rings. The lowest BCUT2D eigenvalue weighted by molar-refractivity contribution is 0.0924. The fraction of sp³-hybridized carbons (Fsp3) is 0.214. The Kier molecular flexibility index (Phi) is 4.34. The third kappa shape index (κ3) is 3.34. The molecule has 0 aliphatic heterocycles. The molecule has 1 amide bonds. The smallest absolute Gasteiger partial charge is 0.286 e. The minimum atomic E-state index is -0.791. The summed E-state index contributed by atoms with van der Waals surface area (Å²) >= 11 is 0. The van der Waals surface area contributed by atoms with Crippen molar-refractivity contribution in [2.75, 3.05) is 6.54 Å². The summed E-state index contributed by atoms with van der Waals surface area (Å²) in [7, 11) is 0. The number of hydrogen-bond acceptors (Lipinski definition) is 3. The Morgan fingerprint density at radius 2 is 2.10 bits per heavy atom. The number of nitrogens with one attached hydrogen (secondary N) is 1. The van der Waals surface area contributed by atoms with E-state index < -0.39 is 11.6 Å². The van der Waals surface area contributed by atoms with Gasteiger partial charge in [-0.25, -0.2) is 8.78 Å². The van der Waals surface area contributed by atoms with Crippen molar-refractivity contribution in [3.63, 3.8) is 0 Å². The SMILES string of the molecule is CCNC(=O)c1ccc(COc2ccc(F)cc2F)o1. The molecule has 0 saturated heterocycles. The van der Waals surface area contributed by atoms with Gasteiger partial charge in [-0.3, -0.25) is 4.79 Å². The first-order valence-corrected chi connectivity index (χ1v) is 6.05. The second kappa shape index (κ2) is 6.18. The summed E-state index contributed by atoms with van der Waals surface area (Å²) in [5.41, 5.74) is 0. The highest BCUT2D eigenvalue weighted by Crippen LogP contribution is 2.19. The van der Waals surface area contributed by atoms with Gasteiger partial charge in [0.15, 0.2) is 17.3 Å². The van der Waals surface area contributed by atoms with Gasteiger partial charge in [0.05, 0.1) is 0 Å². The summed E-state index contributed by atoms with van der Waals surface area (Å²) in [5, 5.41) is 2.59. The standard InChI is InChI=1S/C14H13F2NO3/c1-2-17-14(18)13-6-4-10(20-13)8-19-12-5-3-9(15)7-11(12)16/h3-7H,2,8H2,1H3,(H,17,18). The highest BCUT2D eigenvalue weighted by molar-refractivity contribution is 5.91. The molecule has 0 spiro atoms. The summed E-state index contributed by atoms with van der Waals surface area (Å²) in [6, 6.07) is 6.09. The van der Waals surface area contributed by atoms with E-state index >= 15 is 0 Å². The lowest BCUT2D eigenvalue weighted by Gasteiger charge is -2.05. The summed E-state index contributed by atoms with van der Waals surface area (Å²) in [6.45, 7) is 2.23. The third-order valence-electron chi connectivity index (χ3n) is 2.49. The predicted molar refractivity (Wildman–Crippen MR) is 67.4 cm³/mol. The van der Waals surface area contributed by atoms with Crippen molar-refractivity contribution < 1.29 is 22.7 Å². The first-order chi connectivity index (χ1) is 9.60. The number of hydrogen-bond donors (Lipinski definition) is 1. The maximum atomic E-state index is 13.3. The quantitative estimate of drug-likeness (QED) is 0.916. The maximum absolute atomic E-state index is 13.3. The van der Waals surface area contributed by atoms with Crippen molar-refractivity contribution in [1.82, 2.24) is 5.32 Å². The topological polar surface area (TPSA) is 51.5 Å². The van der Waals surface area contributed by atoms with E-state index in [0.717, 1.165) is 12.1 Å². The van der Waals surface area contributed by atoms with Crippen LogP contribution < -0.4 is 10.1 Å². The van der Waals surface area contributed by atoms with Crippen LogP contribution in [0.25, 0.3) is 0 Å². The molecule has 2 aromatic rings. The molecule has 1 N–H and O–H groups in total. The molecule has 20 heavy (non-hydrogen) atoms. The minimum absolute atomic E-state index is 0.0536. The number of ether oxygens (including phenoxy) is 1. The van der Waals surface area contributed by atoms with Gasteiger partial charge in [0.2, 0.25) is 0 Å². The Labute approximate surface area is 114 Å². The minimum Gasteiger partial charge on any atom is -0.483 e. The zero-order chi connectivity index (χ0) is 14.5. The molecule has 0 unspecified atom stereocenters. The van der Waals surface area contributed by atoms with Crippen LogP contribution in [0.5, 0.6) is 5.75 Å². The maximum Gasteiger partial charge on any atom is 0.286 e. The monoisotopic (exact) mass is 281 g/mol. The molecule has 0 aliphatic carbocycles. The van der Waals surface area contributed by atoms with Crippen molar-refractivity contribution in [2.24, 2.45) is 0 Å². The fourth-order valence-electron chi connectivity index (χ4n) is 1.57. The molecule has 0 atom stereocenters. The predicted octanol–water partition coefficient (Wildman–Crippen LogP) is 2.89. The Balaban J connectivity index is 1.99. The second-order valence-electron chi connectivity index (χ2n) is 3.99. The van der Waals surface area contributed by atoms with Crippen LogP contribution in [0, 0.1) is 11.6 Å². The third-order valence-corrected chi connectivity index (χ3v) is 2.49. The average molecular weight is 281 g/mol. The zero-order valence-corrected chi connectivity index (χ0v) is 10.8. The molecule has 0 bridgehead atoms. The average Bonchev–Trinajstić information content (AvgIpc) is 2.87. The molecule has 0 fully saturated rings.